The standard InChI is InChI=1S/C18H29NO2/c1-15-6-7-17(16(14-15)18(2,3)4)21-11-5-8-19-9-12-20-13-10-19/h6-7,14H,5,8-13H2,1-4H3. The smallest absolute Gasteiger partial charge is 0.123 e. The first-order valence-electron chi connectivity index (χ1n) is 8.01. The Morgan fingerprint density at radius 1 is 1.19 bits per heavy atom. The monoisotopic (exact) mass is 291 g/mol. The second kappa shape index (κ2) is 7.28. The van der Waals surface area contributed by atoms with Gasteiger partial charge in [-0.3, -0.25) is 4.90 Å². The number of aryl methyl sites for hydroxylation is 1. The lowest BCUT2D eigenvalue weighted by Gasteiger charge is -2.27. The third-order valence-electron chi connectivity index (χ3n) is 3.92. The first-order chi connectivity index (χ1) is 9.97. The normalized spacial score (nSPS) is 17.0. The molecule has 118 valence electrons. The number of hydrogen-bond acceptors (Lipinski definition) is 3. The van der Waals surface area contributed by atoms with Crippen molar-refractivity contribution in [3.8, 4) is 5.75 Å². The minimum absolute atomic E-state index is 0.117. The van der Waals surface area contributed by atoms with Gasteiger partial charge >= 0.3 is 0 Å². The van der Waals surface area contributed by atoms with Gasteiger partial charge in [-0.05, 0) is 30.4 Å². The van der Waals surface area contributed by atoms with Crippen LogP contribution in [0, 0.1) is 6.92 Å². The van der Waals surface area contributed by atoms with Crippen LogP contribution in [0.15, 0.2) is 18.2 Å². The third-order valence-corrected chi connectivity index (χ3v) is 3.92. The van der Waals surface area contributed by atoms with Gasteiger partial charge in [-0.15, -0.1) is 0 Å². The summed E-state index contributed by atoms with van der Waals surface area (Å²) in [5.74, 6) is 1.04. The Morgan fingerprint density at radius 2 is 1.90 bits per heavy atom. The van der Waals surface area contributed by atoms with Crippen molar-refractivity contribution in [1.29, 1.82) is 0 Å². The summed E-state index contributed by atoms with van der Waals surface area (Å²) in [6.07, 6.45) is 1.07. The van der Waals surface area contributed by atoms with Crippen molar-refractivity contribution in [2.45, 2.75) is 39.5 Å². The fourth-order valence-electron chi connectivity index (χ4n) is 2.65. The first kappa shape index (κ1) is 16.3. The molecule has 1 heterocycles. The fourth-order valence-corrected chi connectivity index (χ4v) is 2.65. The molecule has 3 nitrogen and oxygen atoms in total. The Bertz CT molecular complexity index is 445. The summed E-state index contributed by atoms with van der Waals surface area (Å²) in [5, 5.41) is 0. The van der Waals surface area contributed by atoms with Crippen molar-refractivity contribution in [3.05, 3.63) is 29.3 Å². The van der Waals surface area contributed by atoms with Gasteiger partial charge in [-0.2, -0.15) is 0 Å². The van der Waals surface area contributed by atoms with Crippen LogP contribution in [0.1, 0.15) is 38.3 Å². The molecule has 0 N–H and O–H groups in total. The van der Waals surface area contributed by atoms with Gasteiger partial charge in [-0.25, -0.2) is 0 Å². The molecule has 0 bridgehead atoms. The molecule has 3 heteroatoms. The van der Waals surface area contributed by atoms with Crippen LogP contribution < -0.4 is 4.74 Å². The molecule has 0 aliphatic carbocycles. The van der Waals surface area contributed by atoms with Crippen LogP contribution in [0.5, 0.6) is 5.75 Å². The van der Waals surface area contributed by atoms with E-state index < -0.39 is 0 Å². The van der Waals surface area contributed by atoms with Crippen LogP contribution in [-0.2, 0) is 10.2 Å². The number of rotatable bonds is 5. The Hall–Kier alpha value is -1.06. The highest BCUT2D eigenvalue weighted by molar-refractivity contribution is 5.41. The molecular formula is C18H29NO2. The van der Waals surface area contributed by atoms with Crippen LogP contribution in [0.3, 0.4) is 0 Å². The van der Waals surface area contributed by atoms with Crippen molar-refractivity contribution in [2.24, 2.45) is 0 Å². The molecule has 1 fully saturated rings. The van der Waals surface area contributed by atoms with Gasteiger partial charge in [0.1, 0.15) is 5.75 Å². The van der Waals surface area contributed by atoms with E-state index in [9.17, 15) is 0 Å². The molecule has 1 aliphatic heterocycles. The molecule has 1 saturated heterocycles. The lowest BCUT2D eigenvalue weighted by Crippen LogP contribution is -2.37. The lowest BCUT2D eigenvalue weighted by atomic mass is 9.85. The van der Waals surface area contributed by atoms with E-state index in [1.54, 1.807) is 0 Å². The fraction of sp³-hybridized carbons (Fsp3) is 0.667. The van der Waals surface area contributed by atoms with Crippen LogP contribution >= 0.6 is 0 Å². The molecule has 1 aromatic carbocycles. The van der Waals surface area contributed by atoms with Gasteiger partial charge < -0.3 is 9.47 Å². The number of nitrogens with zero attached hydrogens (tertiary/aromatic N) is 1. The Balaban J connectivity index is 1.85. The lowest BCUT2D eigenvalue weighted by molar-refractivity contribution is 0.0357. The van der Waals surface area contributed by atoms with Crippen LogP contribution in [-0.4, -0.2) is 44.4 Å². The predicted molar refractivity (Wildman–Crippen MR) is 87.3 cm³/mol. The minimum Gasteiger partial charge on any atom is -0.493 e. The Kier molecular flexibility index (Phi) is 5.65. The second-order valence-electron chi connectivity index (χ2n) is 6.91. The highest BCUT2D eigenvalue weighted by atomic mass is 16.5. The van der Waals surface area contributed by atoms with E-state index in [0.717, 1.165) is 51.6 Å². The van der Waals surface area contributed by atoms with Gasteiger partial charge in [0.2, 0.25) is 0 Å². The van der Waals surface area contributed by atoms with Gasteiger partial charge in [0.05, 0.1) is 19.8 Å². The van der Waals surface area contributed by atoms with E-state index in [1.807, 2.05) is 0 Å². The zero-order chi connectivity index (χ0) is 15.3. The van der Waals surface area contributed by atoms with E-state index in [0.29, 0.717) is 0 Å². The summed E-state index contributed by atoms with van der Waals surface area (Å²) in [5.41, 5.74) is 2.71. The summed E-state index contributed by atoms with van der Waals surface area (Å²) in [7, 11) is 0. The molecule has 0 atom stereocenters. The maximum Gasteiger partial charge on any atom is 0.123 e. The quantitative estimate of drug-likeness (QED) is 0.776. The highest BCUT2D eigenvalue weighted by Crippen LogP contribution is 2.32. The van der Waals surface area contributed by atoms with Crippen LogP contribution in [0.25, 0.3) is 0 Å². The average molecular weight is 291 g/mol. The number of hydrogen-bond donors (Lipinski definition) is 0. The molecule has 0 amide bonds. The minimum atomic E-state index is 0.117. The van der Waals surface area contributed by atoms with Crippen LogP contribution in [0.4, 0.5) is 0 Å². The first-order valence-corrected chi connectivity index (χ1v) is 8.01. The van der Waals surface area contributed by atoms with Gasteiger partial charge in [0.25, 0.3) is 0 Å². The summed E-state index contributed by atoms with van der Waals surface area (Å²) in [6, 6.07) is 6.49. The van der Waals surface area contributed by atoms with Crippen molar-refractivity contribution in [3.63, 3.8) is 0 Å². The molecule has 0 spiro atoms. The zero-order valence-electron chi connectivity index (χ0n) is 13.9. The summed E-state index contributed by atoms with van der Waals surface area (Å²) >= 11 is 0. The average Bonchev–Trinajstić information content (AvgIpc) is 2.45. The molecular weight excluding hydrogens is 262 g/mol. The molecule has 0 unspecified atom stereocenters. The van der Waals surface area contributed by atoms with Gasteiger partial charge in [-0.1, -0.05) is 38.5 Å². The second-order valence-corrected chi connectivity index (χ2v) is 6.91. The maximum atomic E-state index is 6.05. The molecule has 0 aromatic heterocycles. The van der Waals surface area contributed by atoms with Crippen molar-refractivity contribution in [1.82, 2.24) is 4.90 Å². The molecule has 1 aliphatic rings. The van der Waals surface area contributed by atoms with Crippen LogP contribution in [0.2, 0.25) is 0 Å². The maximum absolute atomic E-state index is 6.05. The number of morpholine rings is 1. The van der Waals surface area contributed by atoms with E-state index >= 15 is 0 Å². The SMILES string of the molecule is Cc1ccc(OCCCN2CCOCC2)c(C(C)(C)C)c1. The van der Waals surface area contributed by atoms with Crippen molar-refractivity contribution in [2.75, 3.05) is 39.5 Å². The van der Waals surface area contributed by atoms with E-state index in [2.05, 4.69) is 50.8 Å². The van der Waals surface area contributed by atoms with E-state index in [1.165, 1.54) is 11.1 Å². The molecule has 2 rings (SSSR count). The summed E-state index contributed by atoms with van der Waals surface area (Å²) in [4.78, 5) is 2.45. The summed E-state index contributed by atoms with van der Waals surface area (Å²) in [6.45, 7) is 14.6. The van der Waals surface area contributed by atoms with Crippen molar-refractivity contribution >= 4 is 0 Å². The third kappa shape index (κ3) is 5.01. The van der Waals surface area contributed by atoms with E-state index in [4.69, 9.17) is 9.47 Å². The molecule has 21 heavy (non-hydrogen) atoms. The van der Waals surface area contributed by atoms with E-state index in [-0.39, 0.29) is 5.41 Å². The summed E-state index contributed by atoms with van der Waals surface area (Å²) < 4.78 is 11.4. The topological polar surface area (TPSA) is 21.7 Å². The van der Waals surface area contributed by atoms with Gasteiger partial charge in [0, 0.05) is 19.6 Å². The van der Waals surface area contributed by atoms with Crippen molar-refractivity contribution < 1.29 is 9.47 Å². The highest BCUT2D eigenvalue weighted by Gasteiger charge is 2.19. The zero-order valence-corrected chi connectivity index (χ0v) is 13.9. The predicted octanol–water partition coefficient (Wildman–Crippen LogP) is 3.39. The Morgan fingerprint density at radius 3 is 2.57 bits per heavy atom. The Labute approximate surface area is 129 Å². The number of benzene rings is 1. The molecule has 0 saturated carbocycles. The number of ether oxygens (including phenoxy) is 2. The molecule has 0 radical (unpaired) electrons. The largest absolute Gasteiger partial charge is 0.493 e. The molecule has 1 aromatic rings. The van der Waals surface area contributed by atoms with Gasteiger partial charge in [0.15, 0.2) is 0 Å².